The van der Waals surface area contributed by atoms with Gasteiger partial charge in [0.2, 0.25) is 0 Å². The molecule has 106 valence electrons. The molecule has 3 rings (SSSR count). The summed E-state index contributed by atoms with van der Waals surface area (Å²) in [4.78, 5) is 3.93. The minimum atomic E-state index is 0.140. The number of halogens is 1. The zero-order valence-electron chi connectivity index (χ0n) is 11.6. The van der Waals surface area contributed by atoms with Crippen LogP contribution in [0.25, 0.3) is 0 Å². The van der Waals surface area contributed by atoms with Crippen molar-refractivity contribution < 1.29 is 0 Å². The van der Waals surface area contributed by atoms with Crippen molar-refractivity contribution >= 4 is 28.6 Å². The van der Waals surface area contributed by atoms with E-state index in [-0.39, 0.29) is 6.04 Å². The molecule has 0 bridgehead atoms. The third kappa shape index (κ3) is 2.85. The highest BCUT2D eigenvalue weighted by molar-refractivity contribution is 7.10. The van der Waals surface area contributed by atoms with Crippen molar-refractivity contribution in [2.75, 3.05) is 11.4 Å². The monoisotopic (exact) mass is 306 g/mol. The molecule has 2 N–H and O–H groups in total. The number of nitrogens with two attached hydrogens (primary N) is 1. The molecule has 2 heterocycles. The van der Waals surface area contributed by atoms with Crippen LogP contribution in [0.5, 0.6) is 0 Å². The molecule has 0 amide bonds. The number of anilines is 1. The van der Waals surface area contributed by atoms with Crippen LogP contribution in [0.1, 0.15) is 22.9 Å². The summed E-state index contributed by atoms with van der Waals surface area (Å²) >= 11 is 8.26. The van der Waals surface area contributed by atoms with E-state index in [4.69, 9.17) is 17.3 Å². The van der Waals surface area contributed by atoms with Gasteiger partial charge in [-0.25, -0.2) is 0 Å². The average molecular weight is 307 g/mol. The molecule has 1 unspecified atom stereocenters. The van der Waals surface area contributed by atoms with E-state index in [1.54, 1.807) is 0 Å². The van der Waals surface area contributed by atoms with Gasteiger partial charge in [0.25, 0.3) is 0 Å². The Labute approximate surface area is 129 Å². The van der Waals surface area contributed by atoms with E-state index < -0.39 is 0 Å². The molecule has 0 aliphatic carbocycles. The van der Waals surface area contributed by atoms with Crippen molar-refractivity contribution in [3.8, 4) is 0 Å². The summed E-state index contributed by atoms with van der Waals surface area (Å²) in [6.07, 6.45) is 1.96. The standard InChI is InChI=1S/C16H19ClN2S/c1-11(18)8-12-2-3-14(9-15(12)17)19-6-4-16-13(10-19)5-7-20-16/h2-3,5,7,9,11H,4,6,8,10,18H2,1H3. The lowest BCUT2D eigenvalue weighted by Crippen LogP contribution is -2.29. The second-order valence-corrected chi connectivity index (χ2v) is 6.91. The van der Waals surface area contributed by atoms with E-state index in [1.165, 1.54) is 16.1 Å². The minimum Gasteiger partial charge on any atom is -0.367 e. The van der Waals surface area contributed by atoms with Crippen molar-refractivity contribution in [3.63, 3.8) is 0 Å². The summed E-state index contributed by atoms with van der Waals surface area (Å²) in [5, 5.41) is 3.02. The number of hydrogen-bond donors (Lipinski definition) is 1. The van der Waals surface area contributed by atoms with E-state index >= 15 is 0 Å². The highest BCUT2D eigenvalue weighted by Gasteiger charge is 2.18. The van der Waals surface area contributed by atoms with Crippen LogP contribution >= 0.6 is 22.9 Å². The van der Waals surface area contributed by atoms with Crippen LogP contribution in [0.3, 0.4) is 0 Å². The van der Waals surface area contributed by atoms with Gasteiger partial charge in [-0.3, -0.25) is 0 Å². The van der Waals surface area contributed by atoms with Gasteiger partial charge in [-0.15, -0.1) is 11.3 Å². The van der Waals surface area contributed by atoms with E-state index in [1.807, 2.05) is 18.3 Å². The lowest BCUT2D eigenvalue weighted by Gasteiger charge is -2.29. The molecular formula is C16H19ClN2S. The Morgan fingerprint density at radius 1 is 1.40 bits per heavy atom. The van der Waals surface area contributed by atoms with Gasteiger partial charge >= 0.3 is 0 Å². The number of nitrogens with zero attached hydrogens (tertiary/aromatic N) is 1. The Morgan fingerprint density at radius 2 is 2.25 bits per heavy atom. The van der Waals surface area contributed by atoms with Crippen LogP contribution in [0, 0.1) is 0 Å². The molecule has 0 saturated heterocycles. The number of thiophene rings is 1. The second kappa shape index (κ2) is 5.76. The van der Waals surface area contributed by atoms with Crippen LogP contribution in [-0.4, -0.2) is 12.6 Å². The predicted octanol–water partition coefficient (Wildman–Crippen LogP) is 3.85. The second-order valence-electron chi connectivity index (χ2n) is 5.50. The van der Waals surface area contributed by atoms with E-state index in [2.05, 4.69) is 34.5 Å². The molecule has 1 aromatic heterocycles. The van der Waals surface area contributed by atoms with E-state index in [0.717, 1.165) is 36.5 Å². The first-order valence-corrected chi connectivity index (χ1v) is 8.23. The summed E-state index contributed by atoms with van der Waals surface area (Å²) in [5.74, 6) is 0. The fourth-order valence-corrected chi connectivity index (χ4v) is 3.86. The molecular weight excluding hydrogens is 288 g/mol. The van der Waals surface area contributed by atoms with Gasteiger partial charge in [0.15, 0.2) is 0 Å². The summed E-state index contributed by atoms with van der Waals surface area (Å²) in [6, 6.07) is 8.74. The van der Waals surface area contributed by atoms with Gasteiger partial charge < -0.3 is 10.6 Å². The van der Waals surface area contributed by atoms with Gasteiger partial charge in [0.05, 0.1) is 0 Å². The summed E-state index contributed by atoms with van der Waals surface area (Å²) in [7, 11) is 0. The quantitative estimate of drug-likeness (QED) is 0.933. The summed E-state index contributed by atoms with van der Waals surface area (Å²) in [6.45, 7) is 4.06. The van der Waals surface area contributed by atoms with E-state index in [9.17, 15) is 0 Å². The predicted molar refractivity (Wildman–Crippen MR) is 87.9 cm³/mol. The van der Waals surface area contributed by atoms with Crippen molar-refractivity contribution in [3.05, 3.63) is 50.7 Å². The summed E-state index contributed by atoms with van der Waals surface area (Å²) in [5.41, 5.74) is 9.65. The zero-order valence-corrected chi connectivity index (χ0v) is 13.2. The lowest BCUT2D eigenvalue weighted by atomic mass is 10.1. The Balaban J connectivity index is 1.80. The highest BCUT2D eigenvalue weighted by Crippen LogP contribution is 2.30. The topological polar surface area (TPSA) is 29.3 Å². The molecule has 1 aliphatic heterocycles. The van der Waals surface area contributed by atoms with Gasteiger partial charge in [0, 0.05) is 34.7 Å². The van der Waals surface area contributed by atoms with Crippen LogP contribution in [0.4, 0.5) is 5.69 Å². The molecule has 0 spiro atoms. The molecule has 1 atom stereocenters. The zero-order chi connectivity index (χ0) is 14.1. The smallest absolute Gasteiger partial charge is 0.0459 e. The molecule has 2 nitrogen and oxygen atoms in total. The summed E-state index contributed by atoms with van der Waals surface area (Å²) < 4.78 is 0. The van der Waals surface area contributed by atoms with Crippen molar-refractivity contribution in [2.45, 2.75) is 32.4 Å². The lowest BCUT2D eigenvalue weighted by molar-refractivity contribution is 0.733. The van der Waals surface area contributed by atoms with E-state index in [0.29, 0.717) is 0 Å². The molecule has 0 fully saturated rings. The van der Waals surface area contributed by atoms with Crippen molar-refractivity contribution in [2.24, 2.45) is 5.73 Å². The first kappa shape index (κ1) is 13.9. The van der Waals surface area contributed by atoms with Gasteiger partial charge in [-0.2, -0.15) is 0 Å². The number of hydrogen-bond acceptors (Lipinski definition) is 3. The van der Waals surface area contributed by atoms with Crippen molar-refractivity contribution in [1.82, 2.24) is 0 Å². The molecule has 4 heteroatoms. The maximum atomic E-state index is 6.39. The molecule has 2 aromatic rings. The Kier molecular flexibility index (Phi) is 4.01. The molecule has 20 heavy (non-hydrogen) atoms. The van der Waals surface area contributed by atoms with Gasteiger partial charge in [-0.1, -0.05) is 17.7 Å². The van der Waals surface area contributed by atoms with Gasteiger partial charge in [0.1, 0.15) is 0 Å². The van der Waals surface area contributed by atoms with Crippen LogP contribution in [0.2, 0.25) is 5.02 Å². The van der Waals surface area contributed by atoms with Crippen LogP contribution in [-0.2, 0) is 19.4 Å². The molecule has 0 saturated carbocycles. The number of fused-ring (bicyclic) bond motifs is 1. The average Bonchev–Trinajstić information content (AvgIpc) is 2.87. The fraction of sp³-hybridized carbons (Fsp3) is 0.375. The first-order valence-electron chi connectivity index (χ1n) is 6.97. The van der Waals surface area contributed by atoms with Crippen LogP contribution in [0.15, 0.2) is 29.6 Å². The highest BCUT2D eigenvalue weighted by atomic mass is 35.5. The molecule has 0 radical (unpaired) electrons. The van der Waals surface area contributed by atoms with Crippen molar-refractivity contribution in [1.29, 1.82) is 0 Å². The SMILES string of the molecule is CC(N)Cc1ccc(N2CCc3sccc3C2)cc1Cl. The fourth-order valence-electron chi connectivity index (χ4n) is 2.71. The minimum absolute atomic E-state index is 0.140. The normalized spacial score (nSPS) is 16.1. The molecule has 1 aliphatic rings. The first-order chi connectivity index (χ1) is 9.63. The van der Waals surface area contributed by atoms with Gasteiger partial charge in [-0.05, 0) is 54.5 Å². The maximum Gasteiger partial charge on any atom is 0.0459 e. The Morgan fingerprint density at radius 3 is 3.00 bits per heavy atom. The Hall–Kier alpha value is -1.03. The number of rotatable bonds is 3. The third-order valence-electron chi connectivity index (χ3n) is 3.75. The number of benzene rings is 1. The third-order valence-corrected chi connectivity index (χ3v) is 5.13. The molecule has 1 aromatic carbocycles. The largest absolute Gasteiger partial charge is 0.367 e. The maximum absolute atomic E-state index is 6.39. The van der Waals surface area contributed by atoms with Crippen LogP contribution < -0.4 is 10.6 Å². The Bertz CT molecular complexity index is 606.